The molecule has 0 saturated carbocycles. The highest BCUT2D eigenvalue weighted by Gasteiger charge is 2.23. The average molecular weight is 715 g/mol. The van der Waals surface area contributed by atoms with Crippen molar-refractivity contribution >= 4 is 43.6 Å². The third-order valence-electron chi connectivity index (χ3n) is 11.1. The zero-order chi connectivity index (χ0) is 37.9. The molecule has 2 aromatic heterocycles. The van der Waals surface area contributed by atoms with Crippen LogP contribution >= 0.6 is 0 Å². The van der Waals surface area contributed by atoms with Crippen LogP contribution in [0.4, 0.5) is 0 Å². The van der Waals surface area contributed by atoms with Crippen molar-refractivity contribution in [1.29, 1.82) is 10.5 Å². The highest BCUT2D eigenvalue weighted by atomic mass is 15.0. The van der Waals surface area contributed by atoms with Crippen LogP contribution < -0.4 is 0 Å². The van der Waals surface area contributed by atoms with Gasteiger partial charge >= 0.3 is 0 Å². The Morgan fingerprint density at radius 1 is 0.357 bits per heavy atom. The van der Waals surface area contributed by atoms with Crippen molar-refractivity contribution < 1.29 is 0 Å². The van der Waals surface area contributed by atoms with Crippen LogP contribution in [0, 0.1) is 36.5 Å². The number of aromatic nitrogens is 2. The van der Waals surface area contributed by atoms with Crippen molar-refractivity contribution in [2.24, 2.45) is 0 Å². The normalized spacial score (nSPS) is 11.4. The van der Waals surface area contributed by atoms with Gasteiger partial charge < -0.3 is 9.13 Å². The van der Waals surface area contributed by atoms with Crippen molar-refractivity contribution in [3.63, 3.8) is 0 Å². The molecule has 0 aliphatic carbocycles. The van der Waals surface area contributed by atoms with E-state index in [2.05, 4.69) is 181 Å². The summed E-state index contributed by atoms with van der Waals surface area (Å²) in [5.41, 5.74) is 15.6. The molecule has 0 bridgehead atoms. The first-order valence-electron chi connectivity index (χ1n) is 18.8. The minimum atomic E-state index is 0.556. The van der Waals surface area contributed by atoms with Gasteiger partial charge in [0.25, 0.3) is 0 Å². The lowest BCUT2D eigenvalue weighted by Crippen LogP contribution is -2.05. The molecule has 0 aliphatic rings. The molecule has 4 nitrogen and oxygen atoms in total. The predicted octanol–water partition coefficient (Wildman–Crippen LogP) is 13.2. The first-order chi connectivity index (χ1) is 27.5. The van der Waals surface area contributed by atoms with E-state index in [0.29, 0.717) is 11.1 Å². The second-order valence-corrected chi connectivity index (χ2v) is 14.6. The van der Waals surface area contributed by atoms with Gasteiger partial charge in [0.15, 0.2) is 0 Å². The third kappa shape index (κ3) is 5.28. The highest BCUT2D eigenvalue weighted by Crippen LogP contribution is 2.42. The fraction of sp³-hybridized carbons (Fsp3) is 0.0385. The first kappa shape index (κ1) is 32.9. The lowest BCUT2D eigenvalue weighted by Gasteiger charge is -2.18. The van der Waals surface area contributed by atoms with E-state index in [1.807, 2.05) is 24.3 Å². The summed E-state index contributed by atoms with van der Waals surface area (Å²) in [6, 6.07) is 64.3. The fourth-order valence-electron chi connectivity index (χ4n) is 8.49. The summed E-state index contributed by atoms with van der Waals surface area (Å²) in [7, 11) is 0. The standard InChI is InChI=1S/C52H34N4/c1-33-10-7-13-36(24-33)39-20-22-49-44(27-39)42-16-3-5-18-47(42)55(49)51-29-41(38-15-9-12-35(26-38)31-53)30-52(46(51)32-54)56-48-19-6-4-17-43(48)45-28-40(21-23-50(45)56)37-14-8-11-34(2)25-37/h3-30H,1-2H3. The molecular weight excluding hydrogens is 681 g/mol. The van der Waals surface area contributed by atoms with Gasteiger partial charge in [-0.2, -0.15) is 10.5 Å². The molecule has 0 spiro atoms. The van der Waals surface area contributed by atoms with Crippen molar-refractivity contribution in [3.05, 3.63) is 192 Å². The van der Waals surface area contributed by atoms with Gasteiger partial charge in [-0.25, -0.2) is 0 Å². The van der Waals surface area contributed by atoms with Gasteiger partial charge in [-0.3, -0.25) is 0 Å². The molecule has 262 valence electrons. The van der Waals surface area contributed by atoms with E-state index < -0.39 is 0 Å². The van der Waals surface area contributed by atoms with E-state index in [4.69, 9.17) is 0 Å². The van der Waals surface area contributed by atoms with Crippen LogP contribution in [0.2, 0.25) is 0 Å². The van der Waals surface area contributed by atoms with Crippen LogP contribution in [0.5, 0.6) is 0 Å². The molecule has 8 aromatic carbocycles. The zero-order valence-corrected chi connectivity index (χ0v) is 31.0. The maximum atomic E-state index is 11.3. The SMILES string of the molecule is Cc1cccc(-c2ccc3c(c2)c2ccccc2n3-c2cc(-c3cccc(C#N)c3)cc(-n3c4ccccc4c4cc(-c5cccc(C)c5)ccc43)c2C#N)c1. The molecule has 10 aromatic rings. The molecule has 0 amide bonds. The lowest BCUT2D eigenvalue weighted by atomic mass is 9.98. The smallest absolute Gasteiger partial charge is 0.104 e. The summed E-state index contributed by atoms with van der Waals surface area (Å²) in [6.07, 6.45) is 0. The monoisotopic (exact) mass is 714 g/mol. The van der Waals surface area contributed by atoms with Crippen LogP contribution in [0.15, 0.2) is 170 Å². The summed E-state index contributed by atoms with van der Waals surface area (Å²) >= 11 is 0. The summed E-state index contributed by atoms with van der Waals surface area (Å²) in [5, 5.41) is 25.7. The van der Waals surface area contributed by atoms with Gasteiger partial charge in [-0.1, -0.05) is 120 Å². The van der Waals surface area contributed by atoms with Gasteiger partial charge in [-0.05, 0) is 108 Å². The lowest BCUT2D eigenvalue weighted by molar-refractivity contribution is 1.12. The van der Waals surface area contributed by atoms with Crippen molar-refractivity contribution in [1.82, 2.24) is 9.13 Å². The van der Waals surface area contributed by atoms with Crippen molar-refractivity contribution in [2.75, 3.05) is 0 Å². The Labute approximate surface area is 325 Å². The van der Waals surface area contributed by atoms with E-state index in [1.54, 1.807) is 0 Å². The molecule has 0 saturated heterocycles. The summed E-state index contributed by atoms with van der Waals surface area (Å²) < 4.78 is 4.49. The predicted molar refractivity (Wildman–Crippen MR) is 230 cm³/mol. The van der Waals surface area contributed by atoms with Gasteiger partial charge in [-0.15, -0.1) is 0 Å². The maximum absolute atomic E-state index is 11.3. The van der Waals surface area contributed by atoms with Crippen LogP contribution in [-0.2, 0) is 0 Å². The number of benzene rings is 8. The highest BCUT2D eigenvalue weighted by molar-refractivity contribution is 6.12. The van der Waals surface area contributed by atoms with Gasteiger partial charge in [0.05, 0.1) is 45.1 Å². The van der Waals surface area contributed by atoms with E-state index in [9.17, 15) is 10.5 Å². The summed E-state index contributed by atoms with van der Waals surface area (Å²) in [6.45, 7) is 4.24. The fourth-order valence-corrected chi connectivity index (χ4v) is 8.49. The molecule has 0 fully saturated rings. The Balaban J connectivity index is 1.30. The zero-order valence-electron chi connectivity index (χ0n) is 31.0. The molecule has 56 heavy (non-hydrogen) atoms. The molecule has 4 heteroatoms. The Morgan fingerprint density at radius 3 is 1.29 bits per heavy atom. The molecule has 2 heterocycles. The topological polar surface area (TPSA) is 57.4 Å². The van der Waals surface area contributed by atoms with E-state index >= 15 is 0 Å². The maximum Gasteiger partial charge on any atom is 0.104 e. The van der Waals surface area contributed by atoms with Crippen LogP contribution in [0.25, 0.3) is 88.4 Å². The van der Waals surface area contributed by atoms with E-state index in [-0.39, 0.29) is 0 Å². The number of para-hydroxylation sites is 2. The molecule has 0 N–H and O–H groups in total. The first-order valence-corrected chi connectivity index (χ1v) is 18.8. The molecule has 0 radical (unpaired) electrons. The molecular formula is C52H34N4. The number of nitrogens with zero attached hydrogens (tertiary/aromatic N) is 4. The third-order valence-corrected chi connectivity index (χ3v) is 11.1. The number of aryl methyl sites for hydroxylation is 2. The largest absolute Gasteiger partial charge is 0.308 e. The molecule has 0 atom stereocenters. The minimum Gasteiger partial charge on any atom is -0.308 e. The Kier molecular flexibility index (Phi) is 7.66. The van der Waals surface area contributed by atoms with E-state index in [0.717, 1.165) is 77.2 Å². The molecule has 0 aliphatic heterocycles. The second-order valence-electron chi connectivity index (χ2n) is 14.6. The Morgan fingerprint density at radius 2 is 0.804 bits per heavy atom. The van der Waals surface area contributed by atoms with Crippen molar-refractivity contribution in [3.8, 4) is 56.9 Å². The number of fused-ring (bicyclic) bond motifs is 6. The van der Waals surface area contributed by atoms with Crippen LogP contribution in [-0.4, -0.2) is 9.13 Å². The number of nitriles is 2. The molecule has 10 rings (SSSR count). The van der Waals surface area contributed by atoms with Gasteiger partial charge in [0, 0.05) is 21.5 Å². The van der Waals surface area contributed by atoms with Crippen molar-refractivity contribution in [2.45, 2.75) is 13.8 Å². The summed E-state index contributed by atoms with van der Waals surface area (Å²) in [5.74, 6) is 0. The average Bonchev–Trinajstić information content (AvgIpc) is 3.75. The van der Waals surface area contributed by atoms with Gasteiger partial charge in [0.1, 0.15) is 11.6 Å². The number of hydrogen-bond donors (Lipinski definition) is 0. The quantitative estimate of drug-likeness (QED) is 0.178. The Bertz CT molecular complexity index is 3120. The molecule has 0 unspecified atom stereocenters. The van der Waals surface area contributed by atoms with Crippen LogP contribution in [0.3, 0.4) is 0 Å². The van der Waals surface area contributed by atoms with Crippen LogP contribution in [0.1, 0.15) is 22.3 Å². The Hall–Kier alpha value is -7.66. The van der Waals surface area contributed by atoms with E-state index in [1.165, 1.54) is 22.3 Å². The summed E-state index contributed by atoms with van der Waals surface area (Å²) in [4.78, 5) is 0. The number of rotatable bonds is 5. The van der Waals surface area contributed by atoms with Gasteiger partial charge in [0.2, 0.25) is 0 Å². The number of hydrogen-bond acceptors (Lipinski definition) is 2. The minimum absolute atomic E-state index is 0.556. The second kappa shape index (κ2) is 13.0.